The summed E-state index contributed by atoms with van der Waals surface area (Å²) in [6.07, 6.45) is 2.88. The minimum absolute atomic E-state index is 0.0259. The Morgan fingerprint density at radius 3 is 2.50 bits per heavy atom. The summed E-state index contributed by atoms with van der Waals surface area (Å²) in [5.41, 5.74) is 2.16. The molecule has 0 amide bonds. The molecular formula is C19H14ClFN2O. The Morgan fingerprint density at radius 2 is 1.79 bits per heavy atom. The normalized spacial score (nSPS) is 11.1. The second kappa shape index (κ2) is 6.81. The van der Waals surface area contributed by atoms with Crippen LogP contribution in [-0.2, 0) is 0 Å². The van der Waals surface area contributed by atoms with E-state index in [4.69, 9.17) is 11.6 Å². The van der Waals surface area contributed by atoms with Crippen LogP contribution in [0, 0.1) is 12.7 Å². The molecule has 0 radical (unpaired) electrons. The van der Waals surface area contributed by atoms with Gasteiger partial charge in [0.2, 0.25) is 0 Å². The number of carbonyl (C=O) groups is 1. The van der Waals surface area contributed by atoms with Gasteiger partial charge in [-0.3, -0.25) is 4.79 Å². The van der Waals surface area contributed by atoms with Gasteiger partial charge < -0.3 is 0 Å². The lowest BCUT2D eigenvalue weighted by atomic mass is 10.1. The first-order chi connectivity index (χ1) is 11.6. The van der Waals surface area contributed by atoms with Gasteiger partial charge in [0.25, 0.3) is 0 Å². The van der Waals surface area contributed by atoms with Gasteiger partial charge in [-0.05, 0) is 43.3 Å². The topological polar surface area (TPSA) is 34.9 Å². The molecule has 0 aliphatic rings. The molecule has 0 saturated carbocycles. The zero-order chi connectivity index (χ0) is 17.1. The second-order valence-corrected chi connectivity index (χ2v) is 5.57. The Morgan fingerprint density at radius 1 is 1.12 bits per heavy atom. The Labute approximate surface area is 144 Å². The smallest absolute Gasteiger partial charge is 0.188 e. The van der Waals surface area contributed by atoms with Gasteiger partial charge in [-0.1, -0.05) is 41.9 Å². The second-order valence-electron chi connectivity index (χ2n) is 5.21. The van der Waals surface area contributed by atoms with Crippen LogP contribution >= 0.6 is 11.6 Å². The van der Waals surface area contributed by atoms with E-state index >= 15 is 0 Å². The molecule has 0 N–H and O–H groups in total. The van der Waals surface area contributed by atoms with Crippen molar-refractivity contribution in [1.82, 2.24) is 9.78 Å². The first kappa shape index (κ1) is 16.1. The number of rotatable bonds is 4. The van der Waals surface area contributed by atoms with Gasteiger partial charge in [0.05, 0.1) is 16.9 Å². The number of ketones is 1. The van der Waals surface area contributed by atoms with Gasteiger partial charge in [-0.15, -0.1) is 0 Å². The number of aromatic nitrogens is 2. The van der Waals surface area contributed by atoms with Crippen molar-refractivity contribution in [2.24, 2.45) is 0 Å². The van der Waals surface area contributed by atoms with Crippen molar-refractivity contribution < 1.29 is 9.18 Å². The van der Waals surface area contributed by atoms with Crippen molar-refractivity contribution in [2.75, 3.05) is 0 Å². The van der Waals surface area contributed by atoms with Gasteiger partial charge in [0, 0.05) is 5.56 Å². The van der Waals surface area contributed by atoms with Crippen molar-refractivity contribution in [1.29, 1.82) is 0 Å². The maximum absolute atomic E-state index is 13.7. The fraction of sp³-hybridized carbons (Fsp3) is 0.0526. The predicted molar refractivity (Wildman–Crippen MR) is 93.1 cm³/mol. The number of para-hydroxylation sites is 1. The molecule has 3 nitrogen and oxygen atoms in total. The third kappa shape index (κ3) is 3.14. The molecule has 5 heteroatoms. The summed E-state index contributed by atoms with van der Waals surface area (Å²) in [6.45, 7) is 1.80. The molecular weight excluding hydrogens is 327 g/mol. The maximum Gasteiger partial charge on any atom is 0.188 e. The largest absolute Gasteiger partial charge is 0.289 e. The molecule has 0 aliphatic heterocycles. The van der Waals surface area contributed by atoms with Crippen molar-refractivity contribution in [2.45, 2.75) is 6.92 Å². The molecule has 24 heavy (non-hydrogen) atoms. The first-order valence-corrected chi connectivity index (χ1v) is 7.73. The van der Waals surface area contributed by atoms with Crippen molar-refractivity contribution in [3.63, 3.8) is 0 Å². The number of halogens is 2. The molecule has 1 aromatic heterocycles. The third-order valence-corrected chi connectivity index (χ3v) is 3.95. The van der Waals surface area contributed by atoms with E-state index in [0.29, 0.717) is 16.4 Å². The van der Waals surface area contributed by atoms with Gasteiger partial charge in [-0.25, -0.2) is 9.07 Å². The Hall–Kier alpha value is -2.72. The summed E-state index contributed by atoms with van der Waals surface area (Å²) in [5.74, 6) is -0.967. The van der Waals surface area contributed by atoms with Crippen LogP contribution in [0.25, 0.3) is 11.8 Å². The van der Waals surface area contributed by atoms with Gasteiger partial charge >= 0.3 is 0 Å². The third-order valence-electron chi connectivity index (χ3n) is 3.59. The quantitative estimate of drug-likeness (QED) is 0.501. The highest BCUT2D eigenvalue weighted by molar-refractivity contribution is 6.31. The van der Waals surface area contributed by atoms with Crippen molar-refractivity contribution in [3.05, 3.63) is 88.5 Å². The Balaban J connectivity index is 1.92. The minimum atomic E-state index is -0.546. The summed E-state index contributed by atoms with van der Waals surface area (Å²) in [4.78, 5) is 12.1. The average Bonchev–Trinajstić information content (AvgIpc) is 2.88. The molecule has 3 aromatic rings. The molecule has 0 unspecified atom stereocenters. The van der Waals surface area contributed by atoms with Gasteiger partial charge in [0.15, 0.2) is 5.78 Å². The van der Waals surface area contributed by atoms with Gasteiger partial charge in [-0.2, -0.15) is 5.10 Å². The summed E-state index contributed by atoms with van der Waals surface area (Å²) in [6, 6.07) is 15.3. The number of hydrogen-bond acceptors (Lipinski definition) is 2. The summed E-state index contributed by atoms with van der Waals surface area (Å²) < 4.78 is 15.3. The van der Waals surface area contributed by atoms with Crippen molar-refractivity contribution in [3.8, 4) is 5.69 Å². The van der Waals surface area contributed by atoms with Gasteiger partial charge in [0.1, 0.15) is 11.0 Å². The molecule has 3 rings (SSSR count). The van der Waals surface area contributed by atoms with Crippen LogP contribution in [0.15, 0.2) is 60.7 Å². The summed E-state index contributed by atoms with van der Waals surface area (Å²) in [7, 11) is 0. The molecule has 120 valence electrons. The van der Waals surface area contributed by atoms with E-state index in [2.05, 4.69) is 5.10 Å². The molecule has 0 atom stereocenters. The minimum Gasteiger partial charge on any atom is -0.289 e. The van der Waals surface area contributed by atoms with E-state index in [-0.39, 0.29) is 5.56 Å². The lowest BCUT2D eigenvalue weighted by molar-refractivity contribution is 0.104. The first-order valence-electron chi connectivity index (χ1n) is 7.35. The van der Waals surface area contributed by atoms with Crippen LogP contribution in [0.4, 0.5) is 4.39 Å². The highest BCUT2D eigenvalue weighted by Gasteiger charge is 2.13. The fourth-order valence-corrected chi connectivity index (χ4v) is 2.69. The zero-order valence-corrected chi connectivity index (χ0v) is 13.7. The number of allylic oxidation sites excluding steroid dienone is 1. The predicted octanol–water partition coefficient (Wildman–Crippen LogP) is 4.87. The SMILES string of the molecule is Cc1nn(-c2ccccc2)c(Cl)c1/C=C/C(=O)c1ccccc1F. The summed E-state index contributed by atoms with van der Waals surface area (Å²) >= 11 is 6.39. The van der Waals surface area contributed by atoms with Crippen LogP contribution < -0.4 is 0 Å². The molecule has 0 saturated heterocycles. The molecule has 0 fully saturated rings. The van der Waals surface area contributed by atoms with Crippen LogP contribution in [0.2, 0.25) is 5.15 Å². The van der Waals surface area contributed by atoms with E-state index in [0.717, 1.165) is 5.69 Å². The van der Waals surface area contributed by atoms with E-state index in [9.17, 15) is 9.18 Å². The average molecular weight is 341 g/mol. The van der Waals surface area contributed by atoms with Crippen LogP contribution in [0.3, 0.4) is 0 Å². The number of aryl methyl sites for hydroxylation is 1. The molecule has 0 bridgehead atoms. The molecule has 2 aromatic carbocycles. The van der Waals surface area contributed by atoms with Crippen LogP contribution in [0.5, 0.6) is 0 Å². The van der Waals surface area contributed by atoms with E-state index in [1.165, 1.54) is 18.2 Å². The highest BCUT2D eigenvalue weighted by atomic mass is 35.5. The van der Waals surface area contributed by atoms with E-state index < -0.39 is 11.6 Å². The van der Waals surface area contributed by atoms with Crippen LogP contribution in [-0.4, -0.2) is 15.6 Å². The maximum atomic E-state index is 13.7. The monoisotopic (exact) mass is 340 g/mol. The number of nitrogens with zero attached hydrogens (tertiary/aromatic N) is 2. The lowest BCUT2D eigenvalue weighted by Gasteiger charge is -2.02. The summed E-state index contributed by atoms with van der Waals surface area (Å²) in [5, 5.41) is 4.80. The van der Waals surface area contributed by atoms with Crippen LogP contribution in [0.1, 0.15) is 21.6 Å². The highest BCUT2D eigenvalue weighted by Crippen LogP contribution is 2.25. The van der Waals surface area contributed by atoms with E-state index in [1.54, 1.807) is 29.8 Å². The van der Waals surface area contributed by atoms with E-state index in [1.807, 2.05) is 30.3 Å². The molecule has 0 aliphatic carbocycles. The Kier molecular flexibility index (Phi) is 4.58. The lowest BCUT2D eigenvalue weighted by Crippen LogP contribution is -1.98. The Bertz CT molecular complexity index is 916. The molecule has 0 spiro atoms. The number of benzene rings is 2. The zero-order valence-electron chi connectivity index (χ0n) is 12.9. The van der Waals surface area contributed by atoms with Crippen molar-refractivity contribution >= 4 is 23.5 Å². The molecule has 1 heterocycles. The number of carbonyl (C=O) groups excluding carboxylic acids is 1. The standard InChI is InChI=1S/C19H14ClFN2O/c1-13-15(11-12-18(24)16-9-5-6-10-17(16)21)19(20)23(22-13)14-7-3-2-4-8-14/h2-12H,1H3/b12-11+. The number of hydrogen-bond donors (Lipinski definition) is 0. The fourth-order valence-electron chi connectivity index (χ4n) is 2.35.